The van der Waals surface area contributed by atoms with Gasteiger partial charge in [-0.25, -0.2) is 4.79 Å². The quantitative estimate of drug-likeness (QED) is 0.277. The zero-order chi connectivity index (χ0) is 20.4. The molecule has 7 nitrogen and oxygen atoms in total. The highest BCUT2D eigenvalue weighted by molar-refractivity contribution is 5.95. The number of rotatable bonds is 5. The summed E-state index contributed by atoms with van der Waals surface area (Å²) in [7, 11) is 0. The summed E-state index contributed by atoms with van der Waals surface area (Å²) >= 11 is 0. The number of aryl methyl sites for hydroxylation is 1. The van der Waals surface area contributed by atoms with Crippen molar-refractivity contribution in [2.75, 3.05) is 0 Å². The predicted molar refractivity (Wildman–Crippen MR) is 109 cm³/mol. The molecule has 0 N–H and O–H groups in total. The van der Waals surface area contributed by atoms with Gasteiger partial charge in [-0.15, -0.1) is 5.10 Å². The summed E-state index contributed by atoms with van der Waals surface area (Å²) in [6.07, 6.45) is 0. The van der Waals surface area contributed by atoms with Gasteiger partial charge in [-0.3, -0.25) is 14.8 Å². The first-order valence-electron chi connectivity index (χ1n) is 9.09. The fourth-order valence-corrected chi connectivity index (χ4v) is 3.14. The van der Waals surface area contributed by atoms with Gasteiger partial charge in [-0.2, -0.15) is 0 Å². The number of fused-ring (bicyclic) bond motifs is 1. The van der Waals surface area contributed by atoms with Crippen molar-refractivity contribution in [3.8, 4) is 17.0 Å². The van der Waals surface area contributed by atoms with Crippen LogP contribution in [0, 0.1) is 10.1 Å². The third-order valence-corrected chi connectivity index (χ3v) is 4.63. The maximum absolute atomic E-state index is 12.6. The van der Waals surface area contributed by atoms with Crippen molar-refractivity contribution in [3.05, 3.63) is 88.5 Å². The fourth-order valence-electron chi connectivity index (χ4n) is 3.14. The average Bonchev–Trinajstić information content (AvgIpc) is 3.11. The van der Waals surface area contributed by atoms with E-state index in [1.807, 2.05) is 49.4 Å². The summed E-state index contributed by atoms with van der Waals surface area (Å²) < 4.78 is 7.12. The van der Waals surface area contributed by atoms with Crippen molar-refractivity contribution >= 4 is 22.6 Å². The maximum Gasteiger partial charge on any atom is 0.344 e. The summed E-state index contributed by atoms with van der Waals surface area (Å²) in [5.74, 6) is -0.513. The fraction of sp³-hybridized carbons (Fsp3) is 0.0909. The van der Waals surface area contributed by atoms with E-state index in [-0.39, 0.29) is 11.6 Å². The molecule has 0 unspecified atom stereocenters. The Labute approximate surface area is 166 Å². The van der Waals surface area contributed by atoms with Crippen molar-refractivity contribution in [1.29, 1.82) is 0 Å². The molecule has 144 valence electrons. The topological polar surface area (TPSA) is 87.3 Å². The number of aromatic nitrogens is 2. The van der Waals surface area contributed by atoms with Crippen LogP contribution < -0.4 is 4.74 Å². The molecule has 1 aromatic heterocycles. The Bertz CT molecular complexity index is 1200. The van der Waals surface area contributed by atoms with E-state index in [4.69, 9.17) is 4.74 Å². The first kappa shape index (κ1) is 18.4. The zero-order valence-electron chi connectivity index (χ0n) is 15.6. The molecule has 0 aliphatic rings. The van der Waals surface area contributed by atoms with E-state index >= 15 is 0 Å². The minimum Gasteiger partial charge on any atom is -0.402 e. The second kappa shape index (κ2) is 7.55. The molecule has 4 aromatic rings. The summed E-state index contributed by atoms with van der Waals surface area (Å²) in [5, 5.41) is 15.8. The van der Waals surface area contributed by atoms with Crippen LogP contribution in [-0.2, 0) is 6.54 Å². The van der Waals surface area contributed by atoms with Crippen LogP contribution in [0.2, 0.25) is 0 Å². The van der Waals surface area contributed by atoms with Crippen LogP contribution in [0.15, 0.2) is 72.8 Å². The van der Waals surface area contributed by atoms with Gasteiger partial charge in [0.05, 0.1) is 21.4 Å². The molecule has 0 radical (unpaired) electrons. The molecule has 29 heavy (non-hydrogen) atoms. The highest BCUT2D eigenvalue weighted by Crippen LogP contribution is 2.29. The number of esters is 1. The second-order valence-electron chi connectivity index (χ2n) is 6.41. The van der Waals surface area contributed by atoms with Crippen LogP contribution in [0.1, 0.15) is 17.3 Å². The highest BCUT2D eigenvalue weighted by atomic mass is 16.6. The molecule has 0 saturated heterocycles. The molecule has 0 amide bonds. The molecule has 3 aromatic carbocycles. The summed E-state index contributed by atoms with van der Waals surface area (Å²) in [6.45, 7) is 2.43. The van der Waals surface area contributed by atoms with Gasteiger partial charge in [0.2, 0.25) is 5.88 Å². The number of ether oxygens (including phenoxy) is 1. The SMILES string of the molecule is CCn1nc(OC(=O)c2ccc(-c3ccccc3)cc2)c2cc([N+](=O)[O-])ccc21. The number of nitro groups is 1. The first-order valence-corrected chi connectivity index (χ1v) is 9.09. The molecular weight excluding hydrogens is 370 g/mol. The van der Waals surface area contributed by atoms with Crippen molar-refractivity contribution in [1.82, 2.24) is 9.78 Å². The van der Waals surface area contributed by atoms with Gasteiger partial charge >= 0.3 is 5.97 Å². The van der Waals surface area contributed by atoms with E-state index < -0.39 is 10.9 Å². The lowest BCUT2D eigenvalue weighted by Crippen LogP contribution is -2.09. The molecule has 0 saturated carbocycles. The van der Waals surface area contributed by atoms with E-state index in [2.05, 4.69) is 5.10 Å². The number of benzene rings is 3. The van der Waals surface area contributed by atoms with E-state index in [1.54, 1.807) is 22.9 Å². The van der Waals surface area contributed by atoms with Crippen LogP contribution in [0.5, 0.6) is 5.88 Å². The minimum atomic E-state index is -0.571. The van der Waals surface area contributed by atoms with Gasteiger partial charge in [-0.1, -0.05) is 42.5 Å². The van der Waals surface area contributed by atoms with Gasteiger partial charge in [0.1, 0.15) is 0 Å². The van der Waals surface area contributed by atoms with Gasteiger partial charge < -0.3 is 4.74 Å². The number of hydrogen-bond donors (Lipinski definition) is 0. The molecular formula is C22H17N3O4. The lowest BCUT2D eigenvalue weighted by atomic mass is 10.0. The van der Waals surface area contributed by atoms with Gasteiger partial charge in [0.25, 0.3) is 5.69 Å². The highest BCUT2D eigenvalue weighted by Gasteiger charge is 2.19. The Morgan fingerprint density at radius 1 is 1.03 bits per heavy atom. The third kappa shape index (κ3) is 3.58. The Kier molecular flexibility index (Phi) is 4.78. The zero-order valence-corrected chi connectivity index (χ0v) is 15.6. The molecule has 0 aliphatic carbocycles. The first-order chi connectivity index (χ1) is 14.1. The molecule has 7 heteroatoms. The van der Waals surface area contributed by atoms with Crippen molar-refractivity contribution < 1.29 is 14.5 Å². The monoisotopic (exact) mass is 387 g/mol. The van der Waals surface area contributed by atoms with Gasteiger partial charge in [0, 0.05) is 18.7 Å². The molecule has 0 spiro atoms. The van der Waals surface area contributed by atoms with Gasteiger partial charge in [-0.05, 0) is 36.2 Å². The van der Waals surface area contributed by atoms with Crippen LogP contribution in [-0.4, -0.2) is 20.7 Å². The van der Waals surface area contributed by atoms with E-state index in [0.717, 1.165) is 11.1 Å². The molecule has 0 bridgehead atoms. The number of nitrogens with zero attached hydrogens (tertiary/aromatic N) is 3. The average molecular weight is 387 g/mol. The largest absolute Gasteiger partial charge is 0.402 e. The van der Waals surface area contributed by atoms with Crippen LogP contribution in [0.3, 0.4) is 0 Å². The lowest BCUT2D eigenvalue weighted by molar-refractivity contribution is -0.384. The molecule has 0 aliphatic heterocycles. The maximum atomic E-state index is 12.6. The Morgan fingerprint density at radius 2 is 1.72 bits per heavy atom. The normalized spacial score (nSPS) is 10.8. The van der Waals surface area contributed by atoms with E-state index in [9.17, 15) is 14.9 Å². The summed E-state index contributed by atoms with van der Waals surface area (Å²) in [6, 6.07) is 21.3. The number of carbonyl (C=O) groups is 1. The van der Waals surface area contributed by atoms with Crippen LogP contribution >= 0.6 is 0 Å². The van der Waals surface area contributed by atoms with E-state index in [0.29, 0.717) is 23.0 Å². The number of nitro benzene ring substituents is 1. The van der Waals surface area contributed by atoms with Crippen molar-refractivity contribution in [3.63, 3.8) is 0 Å². The van der Waals surface area contributed by atoms with Crippen molar-refractivity contribution in [2.45, 2.75) is 13.5 Å². The smallest absolute Gasteiger partial charge is 0.344 e. The summed E-state index contributed by atoms with van der Waals surface area (Å²) in [4.78, 5) is 23.2. The van der Waals surface area contributed by atoms with Gasteiger partial charge in [0.15, 0.2) is 0 Å². The minimum absolute atomic E-state index is 0.0580. The van der Waals surface area contributed by atoms with Crippen LogP contribution in [0.25, 0.3) is 22.0 Å². The van der Waals surface area contributed by atoms with Crippen molar-refractivity contribution in [2.24, 2.45) is 0 Å². The summed E-state index contributed by atoms with van der Waals surface area (Å²) in [5.41, 5.74) is 2.98. The predicted octanol–water partition coefficient (Wildman–Crippen LogP) is 4.85. The van der Waals surface area contributed by atoms with Crippen LogP contribution in [0.4, 0.5) is 5.69 Å². The number of hydrogen-bond acceptors (Lipinski definition) is 5. The third-order valence-electron chi connectivity index (χ3n) is 4.63. The Balaban J connectivity index is 1.63. The Hall–Kier alpha value is -4.00. The number of non-ortho nitro benzene ring substituents is 1. The second-order valence-corrected chi connectivity index (χ2v) is 6.41. The Morgan fingerprint density at radius 3 is 2.38 bits per heavy atom. The van der Waals surface area contributed by atoms with E-state index in [1.165, 1.54) is 12.1 Å². The molecule has 0 atom stereocenters. The lowest BCUT2D eigenvalue weighted by Gasteiger charge is -2.04. The molecule has 0 fully saturated rings. The standard InChI is InChI=1S/C22H17N3O4/c1-2-24-20-13-12-18(25(27)28)14-19(20)21(23-24)29-22(26)17-10-8-16(9-11-17)15-6-4-3-5-7-15/h3-14H,2H2,1H3. The molecule has 4 rings (SSSR count). The number of carbonyl (C=O) groups excluding carboxylic acids is 1. The molecule has 1 heterocycles.